The number of carboxylic acids is 1. The fraction of sp³-hybridized carbons (Fsp3) is 0.429. The molecule has 0 spiro atoms. The van der Waals surface area contributed by atoms with E-state index in [4.69, 9.17) is 4.43 Å². The first-order valence-electron chi connectivity index (χ1n) is 9.18. The quantitative estimate of drug-likeness (QED) is 0.689. The van der Waals surface area contributed by atoms with Crippen LogP contribution in [-0.4, -0.2) is 37.9 Å². The maximum absolute atomic E-state index is 12.5. The molecule has 27 heavy (non-hydrogen) atoms. The Hall–Kier alpha value is -2.18. The monoisotopic (exact) mass is 387 g/mol. The lowest BCUT2D eigenvalue weighted by Crippen LogP contribution is -2.44. The van der Waals surface area contributed by atoms with Crippen LogP contribution in [0.5, 0.6) is 0 Å². The van der Waals surface area contributed by atoms with E-state index in [-0.39, 0.29) is 17.4 Å². The zero-order valence-corrected chi connectivity index (χ0v) is 17.7. The van der Waals surface area contributed by atoms with Gasteiger partial charge in [0, 0.05) is 18.6 Å². The summed E-state index contributed by atoms with van der Waals surface area (Å²) in [5.41, 5.74) is 0.449. The second-order valence-electron chi connectivity index (χ2n) is 8.32. The number of benzene rings is 2. The molecule has 0 unspecified atom stereocenters. The highest BCUT2D eigenvalue weighted by Crippen LogP contribution is 2.36. The van der Waals surface area contributed by atoms with E-state index in [2.05, 4.69) is 39.2 Å². The second kappa shape index (κ2) is 8.23. The molecule has 2 rings (SSSR count). The molecule has 1 amide bonds. The summed E-state index contributed by atoms with van der Waals surface area (Å²) >= 11 is 0. The normalized spacial score (nSPS) is 13.4. The van der Waals surface area contributed by atoms with Crippen LogP contribution in [0.3, 0.4) is 0 Å². The molecule has 0 aromatic heterocycles. The number of carbonyl (C=O) groups is 2. The summed E-state index contributed by atoms with van der Waals surface area (Å²) in [4.78, 5) is 24.1. The van der Waals surface area contributed by atoms with Crippen LogP contribution in [0.25, 0.3) is 10.8 Å². The van der Waals surface area contributed by atoms with Crippen molar-refractivity contribution in [3.8, 4) is 0 Å². The average molecular weight is 388 g/mol. The van der Waals surface area contributed by atoms with Crippen molar-refractivity contribution in [3.05, 3.63) is 48.0 Å². The van der Waals surface area contributed by atoms with Crippen molar-refractivity contribution in [2.24, 2.45) is 0 Å². The lowest BCUT2D eigenvalue weighted by atomic mass is 10.1. The Morgan fingerprint density at radius 2 is 1.74 bits per heavy atom. The van der Waals surface area contributed by atoms with E-state index in [9.17, 15) is 14.7 Å². The van der Waals surface area contributed by atoms with Crippen molar-refractivity contribution in [2.75, 3.05) is 6.61 Å². The Morgan fingerprint density at radius 3 is 2.33 bits per heavy atom. The van der Waals surface area contributed by atoms with Crippen molar-refractivity contribution in [2.45, 2.75) is 51.4 Å². The van der Waals surface area contributed by atoms with E-state index < -0.39 is 20.3 Å². The summed E-state index contributed by atoms with van der Waals surface area (Å²) in [6.45, 7) is 11.0. The van der Waals surface area contributed by atoms with E-state index in [0.717, 1.165) is 10.8 Å². The molecule has 0 aliphatic rings. The number of rotatable bonds is 7. The van der Waals surface area contributed by atoms with Crippen LogP contribution in [0, 0.1) is 0 Å². The SMILES string of the molecule is CC(C)(C)[Si](C)(C)OCC[C@@H](NC(=O)c1ccc2ccccc2c1)C(=O)O. The standard InChI is InChI=1S/C21H29NO4Si/c1-21(2,3)27(4,5)26-13-12-18(20(24)25)22-19(23)17-11-10-15-8-6-7-9-16(15)14-17/h6-11,14,18H,12-13H2,1-5H3,(H,22,23)(H,24,25)/t18-/m1/s1. The van der Waals surface area contributed by atoms with E-state index in [1.54, 1.807) is 12.1 Å². The van der Waals surface area contributed by atoms with Gasteiger partial charge in [-0.1, -0.05) is 51.1 Å². The molecule has 0 heterocycles. The van der Waals surface area contributed by atoms with Gasteiger partial charge in [-0.2, -0.15) is 0 Å². The molecule has 0 aliphatic carbocycles. The van der Waals surface area contributed by atoms with E-state index in [1.807, 2.05) is 30.3 Å². The summed E-state index contributed by atoms with van der Waals surface area (Å²) in [5.74, 6) is -1.44. The summed E-state index contributed by atoms with van der Waals surface area (Å²) < 4.78 is 6.04. The largest absolute Gasteiger partial charge is 0.480 e. The molecule has 0 saturated carbocycles. The highest BCUT2D eigenvalue weighted by Gasteiger charge is 2.37. The maximum atomic E-state index is 12.5. The summed E-state index contributed by atoms with van der Waals surface area (Å²) in [6.07, 6.45) is 0.237. The minimum Gasteiger partial charge on any atom is -0.480 e. The van der Waals surface area contributed by atoms with E-state index in [0.29, 0.717) is 12.2 Å². The maximum Gasteiger partial charge on any atom is 0.326 e. The number of hydrogen-bond donors (Lipinski definition) is 2. The third-order valence-corrected chi connectivity index (χ3v) is 9.83. The van der Waals surface area contributed by atoms with Crippen molar-refractivity contribution >= 4 is 31.0 Å². The molecule has 146 valence electrons. The summed E-state index contributed by atoms with van der Waals surface area (Å²) in [7, 11) is -1.95. The summed E-state index contributed by atoms with van der Waals surface area (Å²) in [6, 6.07) is 12.1. The Kier molecular flexibility index (Phi) is 6.44. The molecule has 2 aromatic rings. The van der Waals surface area contributed by atoms with Crippen molar-refractivity contribution in [1.29, 1.82) is 0 Å². The van der Waals surface area contributed by atoms with Crippen LogP contribution in [0.15, 0.2) is 42.5 Å². The molecule has 0 bridgehead atoms. The second-order valence-corrected chi connectivity index (χ2v) is 13.1. The molecule has 0 saturated heterocycles. The highest BCUT2D eigenvalue weighted by atomic mass is 28.4. The van der Waals surface area contributed by atoms with Crippen molar-refractivity contribution in [1.82, 2.24) is 5.32 Å². The third kappa shape index (κ3) is 5.40. The van der Waals surface area contributed by atoms with Gasteiger partial charge >= 0.3 is 5.97 Å². The number of carboxylic acid groups (broad SMARTS) is 1. The van der Waals surface area contributed by atoms with Crippen LogP contribution in [-0.2, 0) is 9.22 Å². The van der Waals surface area contributed by atoms with Crippen LogP contribution >= 0.6 is 0 Å². The Balaban J connectivity index is 2.02. The zero-order valence-electron chi connectivity index (χ0n) is 16.7. The molecular formula is C21H29NO4Si. The van der Waals surface area contributed by atoms with Crippen LogP contribution < -0.4 is 5.32 Å². The Bertz CT molecular complexity index is 826. The molecule has 2 aromatic carbocycles. The number of amides is 1. The predicted octanol–water partition coefficient (Wildman–Crippen LogP) is 4.43. The first-order valence-corrected chi connectivity index (χ1v) is 12.1. The number of fused-ring (bicyclic) bond motifs is 1. The van der Waals surface area contributed by atoms with Crippen LogP contribution in [0.4, 0.5) is 0 Å². The van der Waals surface area contributed by atoms with Gasteiger partial charge in [0.25, 0.3) is 5.91 Å². The number of hydrogen-bond acceptors (Lipinski definition) is 3. The lowest BCUT2D eigenvalue weighted by molar-refractivity contribution is -0.139. The van der Waals surface area contributed by atoms with Gasteiger partial charge < -0.3 is 14.8 Å². The molecular weight excluding hydrogens is 358 g/mol. The van der Waals surface area contributed by atoms with Gasteiger partial charge in [0.2, 0.25) is 0 Å². The van der Waals surface area contributed by atoms with Crippen LogP contribution in [0.1, 0.15) is 37.6 Å². The predicted molar refractivity (Wildman–Crippen MR) is 111 cm³/mol. The van der Waals surface area contributed by atoms with Gasteiger partial charge in [-0.25, -0.2) is 4.79 Å². The first-order chi connectivity index (χ1) is 12.5. The molecule has 5 nitrogen and oxygen atoms in total. The molecule has 6 heteroatoms. The van der Waals surface area contributed by atoms with Crippen molar-refractivity contribution in [3.63, 3.8) is 0 Å². The molecule has 2 N–H and O–H groups in total. The molecule has 0 aliphatic heterocycles. The van der Waals surface area contributed by atoms with Crippen LogP contribution in [0.2, 0.25) is 18.1 Å². The highest BCUT2D eigenvalue weighted by molar-refractivity contribution is 6.74. The van der Waals surface area contributed by atoms with Gasteiger partial charge in [-0.15, -0.1) is 0 Å². The van der Waals surface area contributed by atoms with Gasteiger partial charge in [-0.05, 0) is 41.0 Å². The zero-order chi connectivity index (χ0) is 20.2. The molecule has 0 fully saturated rings. The van der Waals surface area contributed by atoms with Gasteiger partial charge in [0.05, 0.1) is 0 Å². The smallest absolute Gasteiger partial charge is 0.326 e. The number of aliphatic carboxylic acids is 1. The first kappa shape index (κ1) is 21.1. The fourth-order valence-electron chi connectivity index (χ4n) is 2.48. The lowest BCUT2D eigenvalue weighted by Gasteiger charge is -2.36. The molecule has 0 radical (unpaired) electrons. The topological polar surface area (TPSA) is 75.6 Å². The van der Waals surface area contributed by atoms with Gasteiger partial charge in [0.15, 0.2) is 8.32 Å². The Morgan fingerprint density at radius 1 is 1.11 bits per heavy atom. The third-order valence-electron chi connectivity index (χ3n) is 5.29. The average Bonchev–Trinajstić information content (AvgIpc) is 2.59. The number of nitrogens with one attached hydrogen (secondary N) is 1. The van der Waals surface area contributed by atoms with E-state index >= 15 is 0 Å². The van der Waals surface area contributed by atoms with Gasteiger partial charge in [0.1, 0.15) is 6.04 Å². The molecule has 1 atom stereocenters. The summed E-state index contributed by atoms with van der Waals surface area (Å²) in [5, 5.41) is 14.1. The minimum atomic E-state index is -1.95. The Labute approximate surface area is 161 Å². The van der Waals surface area contributed by atoms with Gasteiger partial charge in [-0.3, -0.25) is 4.79 Å². The van der Waals surface area contributed by atoms with E-state index in [1.165, 1.54) is 0 Å². The fourth-order valence-corrected chi connectivity index (χ4v) is 3.54. The minimum absolute atomic E-state index is 0.0556. The number of carbonyl (C=O) groups excluding carboxylic acids is 1. The van der Waals surface area contributed by atoms with Crippen molar-refractivity contribution < 1.29 is 19.1 Å².